The van der Waals surface area contributed by atoms with Crippen molar-refractivity contribution >= 4 is 33.0 Å². The van der Waals surface area contributed by atoms with Gasteiger partial charge in [0.1, 0.15) is 5.75 Å². The van der Waals surface area contributed by atoms with E-state index in [1.807, 2.05) is 12.1 Å². The molecule has 1 unspecified atom stereocenters. The average Bonchev–Trinajstić information content (AvgIpc) is 2.78. The third-order valence-corrected chi connectivity index (χ3v) is 5.29. The Kier molecular flexibility index (Phi) is 4.29. The Morgan fingerprint density at radius 3 is 3.00 bits per heavy atom. The lowest BCUT2D eigenvalue weighted by atomic mass is 10.1. The normalized spacial score (nSPS) is 16.2. The van der Waals surface area contributed by atoms with Gasteiger partial charge in [0.15, 0.2) is 0 Å². The molecule has 3 nitrogen and oxygen atoms in total. The molecule has 1 aliphatic heterocycles. The van der Waals surface area contributed by atoms with E-state index in [2.05, 4.69) is 44.4 Å². The molecule has 1 atom stereocenters. The largest absolute Gasteiger partial charge is 0.491 e. The fourth-order valence-electron chi connectivity index (χ4n) is 2.58. The minimum Gasteiger partial charge on any atom is -0.491 e. The predicted octanol–water partition coefficient (Wildman–Crippen LogP) is 3.80. The average molecular weight is 353 g/mol. The van der Waals surface area contributed by atoms with Crippen LogP contribution in [0.2, 0.25) is 0 Å². The summed E-state index contributed by atoms with van der Waals surface area (Å²) in [5, 5.41) is 2.11. The molecule has 0 spiro atoms. The van der Waals surface area contributed by atoms with Gasteiger partial charge in [-0.15, -0.1) is 11.3 Å². The minimum absolute atomic E-state index is 0.203. The number of nitrogens with two attached hydrogens (primary N) is 1. The molecule has 5 heteroatoms. The molecule has 0 saturated heterocycles. The van der Waals surface area contributed by atoms with Crippen molar-refractivity contribution in [2.75, 3.05) is 24.6 Å². The van der Waals surface area contributed by atoms with Crippen LogP contribution in [-0.2, 0) is 0 Å². The molecule has 0 radical (unpaired) electrons. The van der Waals surface area contributed by atoms with Crippen molar-refractivity contribution in [3.05, 3.63) is 45.1 Å². The van der Waals surface area contributed by atoms with Gasteiger partial charge in [0, 0.05) is 27.8 Å². The van der Waals surface area contributed by atoms with Crippen molar-refractivity contribution < 1.29 is 4.74 Å². The Labute approximate surface area is 131 Å². The number of hydrogen-bond acceptors (Lipinski definition) is 4. The van der Waals surface area contributed by atoms with E-state index in [1.165, 1.54) is 4.88 Å². The molecule has 3 rings (SSSR count). The van der Waals surface area contributed by atoms with E-state index in [4.69, 9.17) is 10.5 Å². The molecule has 1 aliphatic rings. The summed E-state index contributed by atoms with van der Waals surface area (Å²) in [6, 6.07) is 10.6. The summed E-state index contributed by atoms with van der Waals surface area (Å²) in [5.41, 5.74) is 7.21. The Morgan fingerprint density at radius 1 is 1.40 bits per heavy atom. The quantitative estimate of drug-likeness (QED) is 0.912. The van der Waals surface area contributed by atoms with Crippen LogP contribution in [0.5, 0.6) is 5.75 Å². The smallest absolute Gasteiger partial charge is 0.142 e. The third-order valence-electron chi connectivity index (χ3n) is 3.49. The fourth-order valence-corrected chi connectivity index (χ4v) is 4.15. The lowest BCUT2D eigenvalue weighted by Crippen LogP contribution is -2.33. The maximum atomic E-state index is 6.06. The summed E-state index contributed by atoms with van der Waals surface area (Å²) >= 11 is 5.28. The Hall–Kier alpha value is -1.04. The van der Waals surface area contributed by atoms with Gasteiger partial charge in [-0.05, 0) is 40.5 Å². The number of fused-ring (bicyclic) bond motifs is 1. The van der Waals surface area contributed by atoms with Crippen LogP contribution in [0.15, 0.2) is 40.2 Å². The maximum absolute atomic E-state index is 6.06. The van der Waals surface area contributed by atoms with Gasteiger partial charge in [0.05, 0.1) is 18.3 Å². The molecule has 1 aromatic heterocycles. The highest BCUT2D eigenvalue weighted by molar-refractivity contribution is 9.10. The summed E-state index contributed by atoms with van der Waals surface area (Å²) in [5.74, 6) is 0.957. The van der Waals surface area contributed by atoms with Gasteiger partial charge >= 0.3 is 0 Å². The number of anilines is 1. The molecule has 1 aromatic carbocycles. The number of para-hydroxylation sites is 2. The van der Waals surface area contributed by atoms with E-state index in [-0.39, 0.29) is 6.04 Å². The number of ether oxygens (including phenoxy) is 1. The SMILES string of the molecule is NCC(c1cc(Br)cs1)N1CCCOc2ccccc21. The molecular formula is C15H17BrN2OS. The molecule has 0 amide bonds. The molecule has 0 bridgehead atoms. The number of thiophene rings is 1. The molecular weight excluding hydrogens is 336 g/mol. The number of nitrogens with zero attached hydrogens (tertiary/aromatic N) is 1. The summed E-state index contributed by atoms with van der Waals surface area (Å²) in [6.45, 7) is 2.33. The van der Waals surface area contributed by atoms with E-state index in [0.29, 0.717) is 6.54 Å². The van der Waals surface area contributed by atoms with Crippen molar-refractivity contribution in [3.63, 3.8) is 0 Å². The fraction of sp³-hybridized carbons (Fsp3) is 0.333. The van der Waals surface area contributed by atoms with Crippen LogP contribution in [0, 0.1) is 0 Å². The van der Waals surface area contributed by atoms with Gasteiger partial charge in [-0.2, -0.15) is 0 Å². The summed E-state index contributed by atoms with van der Waals surface area (Å²) in [6.07, 6.45) is 1.01. The Morgan fingerprint density at radius 2 is 2.25 bits per heavy atom. The zero-order valence-electron chi connectivity index (χ0n) is 11.1. The predicted molar refractivity (Wildman–Crippen MR) is 87.7 cm³/mol. The molecule has 0 saturated carbocycles. The second kappa shape index (κ2) is 6.16. The molecule has 0 fully saturated rings. The molecule has 0 aliphatic carbocycles. The third kappa shape index (κ3) is 2.71. The zero-order valence-corrected chi connectivity index (χ0v) is 13.5. The second-order valence-corrected chi connectivity index (χ2v) is 6.64. The van der Waals surface area contributed by atoms with Crippen LogP contribution >= 0.6 is 27.3 Å². The van der Waals surface area contributed by atoms with Gasteiger partial charge < -0.3 is 15.4 Å². The zero-order chi connectivity index (χ0) is 13.9. The number of halogens is 1. The van der Waals surface area contributed by atoms with E-state index < -0.39 is 0 Å². The lowest BCUT2D eigenvalue weighted by Gasteiger charge is -2.31. The highest BCUT2D eigenvalue weighted by atomic mass is 79.9. The first-order valence-corrected chi connectivity index (χ1v) is 8.39. The van der Waals surface area contributed by atoms with Gasteiger partial charge in [-0.1, -0.05) is 12.1 Å². The van der Waals surface area contributed by atoms with E-state index >= 15 is 0 Å². The van der Waals surface area contributed by atoms with Crippen LogP contribution in [-0.4, -0.2) is 19.7 Å². The van der Waals surface area contributed by atoms with E-state index in [0.717, 1.165) is 35.5 Å². The van der Waals surface area contributed by atoms with E-state index in [9.17, 15) is 0 Å². The molecule has 2 aromatic rings. The van der Waals surface area contributed by atoms with Gasteiger partial charge in [0.2, 0.25) is 0 Å². The lowest BCUT2D eigenvalue weighted by molar-refractivity contribution is 0.322. The van der Waals surface area contributed by atoms with Gasteiger partial charge in [-0.25, -0.2) is 0 Å². The summed E-state index contributed by atoms with van der Waals surface area (Å²) in [7, 11) is 0. The Bertz CT molecular complexity index is 587. The minimum atomic E-state index is 0.203. The van der Waals surface area contributed by atoms with Gasteiger partial charge in [-0.3, -0.25) is 0 Å². The van der Waals surface area contributed by atoms with Crippen LogP contribution in [0.4, 0.5) is 5.69 Å². The van der Waals surface area contributed by atoms with Crippen LogP contribution in [0.1, 0.15) is 17.3 Å². The van der Waals surface area contributed by atoms with Crippen LogP contribution in [0.25, 0.3) is 0 Å². The number of hydrogen-bond donors (Lipinski definition) is 1. The first-order valence-electron chi connectivity index (χ1n) is 6.72. The van der Waals surface area contributed by atoms with Crippen LogP contribution < -0.4 is 15.4 Å². The standard InChI is InChI=1S/C15H17BrN2OS/c16-11-8-15(20-10-11)13(9-17)18-6-3-7-19-14-5-2-1-4-12(14)18/h1-2,4-5,8,10,13H,3,6-7,9,17H2. The first-order chi connectivity index (χ1) is 9.79. The Balaban J connectivity index is 1.99. The summed E-state index contributed by atoms with van der Waals surface area (Å²) < 4.78 is 6.95. The molecule has 2 heterocycles. The second-order valence-electron chi connectivity index (χ2n) is 4.78. The highest BCUT2D eigenvalue weighted by Gasteiger charge is 2.25. The van der Waals surface area contributed by atoms with Crippen molar-refractivity contribution in [3.8, 4) is 5.75 Å². The van der Waals surface area contributed by atoms with Crippen molar-refractivity contribution in [2.45, 2.75) is 12.5 Å². The van der Waals surface area contributed by atoms with E-state index in [1.54, 1.807) is 11.3 Å². The van der Waals surface area contributed by atoms with Crippen molar-refractivity contribution in [2.24, 2.45) is 5.73 Å². The summed E-state index contributed by atoms with van der Waals surface area (Å²) in [4.78, 5) is 3.66. The van der Waals surface area contributed by atoms with Gasteiger partial charge in [0.25, 0.3) is 0 Å². The number of benzene rings is 1. The highest BCUT2D eigenvalue weighted by Crippen LogP contribution is 2.38. The molecule has 20 heavy (non-hydrogen) atoms. The monoisotopic (exact) mass is 352 g/mol. The van der Waals surface area contributed by atoms with Crippen molar-refractivity contribution in [1.82, 2.24) is 0 Å². The molecule has 106 valence electrons. The first kappa shape index (κ1) is 13.9. The molecule has 2 N–H and O–H groups in total. The number of rotatable bonds is 3. The van der Waals surface area contributed by atoms with Crippen LogP contribution in [0.3, 0.4) is 0 Å². The van der Waals surface area contributed by atoms with Crippen molar-refractivity contribution in [1.29, 1.82) is 0 Å². The maximum Gasteiger partial charge on any atom is 0.142 e. The topological polar surface area (TPSA) is 38.5 Å².